The molecule has 0 saturated carbocycles. The predicted molar refractivity (Wildman–Crippen MR) is 78.1 cm³/mol. The van der Waals surface area contributed by atoms with Crippen LogP contribution in [0.25, 0.3) is 5.52 Å². The SMILES string of the molecule is C=C(CC)CC(NCCC)c1cnn2ccncc12. The maximum absolute atomic E-state index is 4.39. The van der Waals surface area contributed by atoms with Crippen molar-refractivity contribution in [1.29, 1.82) is 0 Å². The first-order chi connectivity index (χ1) is 9.26. The van der Waals surface area contributed by atoms with Crippen LogP contribution in [0.1, 0.15) is 44.7 Å². The Morgan fingerprint density at radius 1 is 1.42 bits per heavy atom. The van der Waals surface area contributed by atoms with Crippen LogP contribution in [-0.2, 0) is 0 Å². The molecule has 0 aliphatic carbocycles. The van der Waals surface area contributed by atoms with Gasteiger partial charge in [0.05, 0.1) is 17.9 Å². The van der Waals surface area contributed by atoms with Gasteiger partial charge in [0.25, 0.3) is 0 Å². The Hall–Kier alpha value is -1.68. The number of hydrogen-bond acceptors (Lipinski definition) is 3. The van der Waals surface area contributed by atoms with Gasteiger partial charge in [-0.3, -0.25) is 4.98 Å². The largest absolute Gasteiger partial charge is 0.310 e. The van der Waals surface area contributed by atoms with Crippen LogP contribution in [0.5, 0.6) is 0 Å². The maximum Gasteiger partial charge on any atom is 0.0892 e. The lowest BCUT2D eigenvalue weighted by molar-refractivity contribution is 0.526. The van der Waals surface area contributed by atoms with E-state index in [9.17, 15) is 0 Å². The molecule has 1 N–H and O–H groups in total. The van der Waals surface area contributed by atoms with Crippen LogP contribution in [-0.4, -0.2) is 21.1 Å². The first kappa shape index (κ1) is 13.7. The highest BCUT2D eigenvalue weighted by atomic mass is 15.2. The molecule has 0 aromatic carbocycles. The highest BCUT2D eigenvalue weighted by Crippen LogP contribution is 2.25. The molecule has 4 nitrogen and oxygen atoms in total. The van der Waals surface area contributed by atoms with E-state index in [0.29, 0.717) is 0 Å². The van der Waals surface area contributed by atoms with Crippen molar-refractivity contribution in [1.82, 2.24) is 19.9 Å². The first-order valence-electron chi connectivity index (χ1n) is 6.93. The van der Waals surface area contributed by atoms with E-state index in [1.807, 2.05) is 23.1 Å². The van der Waals surface area contributed by atoms with Gasteiger partial charge >= 0.3 is 0 Å². The number of hydrogen-bond donors (Lipinski definition) is 1. The molecular weight excluding hydrogens is 236 g/mol. The minimum absolute atomic E-state index is 0.272. The van der Waals surface area contributed by atoms with Crippen LogP contribution in [0, 0.1) is 0 Å². The third kappa shape index (κ3) is 3.20. The van der Waals surface area contributed by atoms with Gasteiger partial charge in [0.1, 0.15) is 0 Å². The van der Waals surface area contributed by atoms with E-state index in [1.54, 1.807) is 6.20 Å². The van der Waals surface area contributed by atoms with E-state index in [-0.39, 0.29) is 6.04 Å². The van der Waals surface area contributed by atoms with E-state index in [1.165, 1.54) is 11.1 Å². The molecule has 102 valence electrons. The van der Waals surface area contributed by atoms with Gasteiger partial charge in [0.2, 0.25) is 0 Å². The van der Waals surface area contributed by atoms with Gasteiger partial charge < -0.3 is 5.32 Å². The normalized spacial score (nSPS) is 12.7. The molecule has 19 heavy (non-hydrogen) atoms. The number of rotatable bonds is 7. The van der Waals surface area contributed by atoms with Gasteiger partial charge in [0.15, 0.2) is 0 Å². The molecular formula is C15H22N4. The fourth-order valence-corrected chi connectivity index (χ4v) is 2.16. The summed E-state index contributed by atoms with van der Waals surface area (Å²) in [5.41, 5.74) is 3.54. The third-order valence-electron chi connectivity index (χ3n) is 3.36. The summed E-state index contributed by atoms with van der Waals surface area (Å²) in [6, 6.07) is 0.272. The van der Waals surface area contributed by atoms with Crippen molar-refractivity contribution in [2.45, 2.75) is 39.2 Å². The highest BCUT2D eigenvalue weighted by molar-refractivity contribution is 5.53. The minimum Gasteiger partial charge on any atom is -0.310 e. The monoisotopic (exact) mass is 258 g/mol. The molecule has 2 heterocycles. The molecule has 0 spiro atoms. The number of aromatic nitrogens is 3. The number of fused-ring (bicyclic) bond motifs is 1. The molecule has 0 saturated heterocycles. The van der Waals surface area contributed by atoms with Gasteiger partial charge in [-0.25, -0.2) is 4.52 Å². The van der Waals surface area contributed by atoms with Gasteiger partial charge in [-0.1, -0.05) is 26.0 Å². The Balaban J connectivity index is 2.28. The molecule has 1 atom stereocenters. The second kappa shape index (κ2) is 6.48. The van der Waals surface area contributed by atoms with E-state index >= 15 is 0 Å². The second-order valence-electron chi connectivity index (χ2n) is 4.82. The standard InChI is InChI=1S/C15H22N4/c1-4-6-17-14(9-12(3)5-2)13-10-18-19-8-7-16-11-15(13)19/h7-8,10-11,14,17H,3-6,9H2,1-2H3. The van der Waals surface area contributed by atoms with Gasteiger partial charge in [-0.15, -0.1) is 0 Å². The van der Waals surface area contributed by atoms with Crippen LogP contribution in [0.3, 0.4) is 0 Å². The average Bonchev–Trinajstić information content (AvgIpc) is 2.87. The lowest BCUT2D eigenvalue weighted by Gasteiger charge is -2.18. The number of nitrogens with zero attached hydrogens (tertiary/aromatic N) is 3. The van der Waals surface area contributed by atoms with Crippen LogP contribution < -0.4 is 5.32 Å². The van der Waals surface area contributed by atoms with Crippen molar-refractivity contribution >= 4 is 5.52 Å². The zero-order chi connectivity index (χ0) is 13.7. The van der Waals surface area contributed by atoms with Crippen LogP contribution >= 0.6 is 0 Å². The quantitative estimate of drug-likeness (QED) is 0.776. The highest BCUT2D eigenvalue weighted by Gasteiger charge is 2.16. The van der Waals surface area contributed by atoms with E-state index in [2.05, 4.69) is 35.8 Å². The van der Waals surface area contributed by atoms with Gasteiger partial charge in [-0.05, 0) is 25.8 Å². The first-order valence-corrected chi connectivity index (χ1v) is 6.93. The lowest BCUT2D eigenvalue weighted by atomic mass is 9.99. The summed E-state index contributed by atoms with van der Waals surface area (Å²) < 4.78 is 1.87. The predicted octanol–water partition coefficient (Wildman–Crippen LogP) is 3.13. The molecule has 0 amide bonds. The fourth-order valence-electron chi connectivity index (χ4n) is 2.16. The lowest BCUT2D eigenvalue weighted by Crippen LogP contribution is -2.22. The average molecular weight is 258 g/mol. The molecule has 0 fully saturated rings. The van der Waals surface area contributed by atoms with Crippen molar-refractivity contribution in [3.8, 4) is 0 Å². The summed E-state index contributed by atoms with van der Waals surface area (Å²) in [5.74, 6) is 0. The van der Waals surface area contributed by atoms with Crippen LogP contribution in [0.2, 0.25) is 0 Å². The maximum atomic E-state index is 4.39. The second-order valence-corrected chi connectivity index (χ2v) is 4.82. The Kier molecular flexibility index (Phi) is 4.68. The van der Waals surface area contributed by atoms with Crippen molar-refractivity contribution in [3.63, 3.8) is 0 Å². The van der Waals surface area contributed by atoms with Crippen LogP contribution in [0.15, 0.2) is 36.9 Å². The van der Waals surface area contributed by atoms with E-state index in [4.69, 9.17) is 0 Å². The Morgan fingerprint density at radius 3 is 3.00 bits per heavy atom. The van der Waals surface area contributed by atoms with Gasteiger partial charge in [0, 0.05) is 24.0 Å². The summed E-state index contributed by atoms with van der Waals surface area (Å²) >= 11 is 0. The molecule has 4 heteroatoms. The van der Waals surface area contributed by atoms with Crippen molar-refractivity contribution in [3.05, 3.63) is 42.5 Å². The zero-order valence-corrected chi connectivity index (χ0v) is 11.8. The van der Waals surface area contributed by atoms with E-state index < -0.39 is 0 Å². The zero-order valence-electron chi connectivity index (χ0n) is 11.8. The Bertz CT molecular complexity index is 544. The number of nitrogens with one attached hydrogen (secondary N) is 1. The molecule has 1 unspecified atom stereocenters. The molecule has 0 aliphatic rings. The van der Waals surface area contributed by atoms with Gasteiger partial charge in [-0.2, -0.15) is 5.10 Å². The topological polar surface area (TPSA) is 42.2 Å². The summed E-state index contributed by atoms with van der Waals surface area (Å²) in [7, 11) is 0. The Morgan fingerprint density at radius 2 is 2.26 bits per heavy atom. The molecule has 0 aliphatic heterocycles. The summed E-state index contributed by atoms with van der Waals surface area (Å²) in [4.78, 5) is 4.20. The molecule has 2 aromatic heterocycles. The third-order valence-corrected chi connectivity index (χ3v) is 3.36. The fraction of sp³-hybridized carbons (Fsp3) is 0.467. The summed E-state index contributed by atoms with van der Waals surface area (Å²) in [6.45, 7) is 9.45. The van der Waals surface area contributed by atoms with E-state index in [0.717, 1.165) is 31.3 Å². The smallest absolute Gasteiger partial charge is 0.0892 e. The summed E-state index contributed by atoms with van der Waals surface area (Å²) in [5, 5.41) is 7.97. The minimum atomic E-state index is 0.272. The molecule has 2 aromatic rings. The van der Waals surface area contributed by atoms with Crippen molar-refractivity contribution in [2.75, 3.05) is 6.54 Å². The molecule has 2 rings (SSSR count). The Labute approximate surface area is 114 Å². The van der Waals surface area contributed by atoms with Crippen LogP contribution in [0.4, 0.5) is 0 Å². The van der Waals surface area contributed by atoms with Crippen molar-refractivity contribution < 1.29 is 0 Å². The summed E-state index contributed by atoms with van der Waals surface area (Å²) in [6.07, 6.45) is 10.5. The molecule has 0 radical (unpaired) electrons. The van der Waals surface area contributed by atoms with Crippen molar-refractivity contribution in [2.24, 2.45) is 0 Å². The molecule has 0 bridgehead atoms.